The number of carboxylic acid groups (broad SMARTS) is 1. The summed E-state index contributed by atoms with van der Waals surface area (Å²) in [5.74, 6) is -0.433. The fourth-order valence-electron chi connectivity index (χ4n) is 1.61. The van der Waals surface area contributed by atoms with E-state index in [4.69, 9.17) is 4.74 Å². The molecule has 1 unspecified atom stereocenters. The molecule has 0 radical (unpaired) electrons. The van der Waals surface area contributed by atoms with Crippen LogP contribution in [0.15, 0.2) is 6.07 Å². The van der Waals surface area contributed by atoms with Crippen LogP contribution in [0.4, 0.5) is 0 Å². The first-order chi connectivity index (χ1) is 9.72. The van der Waals surface area contributed by atoms with Crippen molar-refractivity contribution in [2.75, 3.05) is 6.54 Å². The molecule has 6 heteroatoms. The molecule has 1 heterocycles. The number of carbonyl (C=O) groups is 2. The fraction of sp³-hybridized carbons (Fsp3) is 0.600. The van der Waals surface area contributed by atoms with E-state index < -0.39 is 12.1 Å². The van der Waals surface area contributed by atoms with E-state index in [0.717, 1.165) is 4.88 Å². The third kappa shape index (κ3) is 5.04. The number of amides is 1. The summed E-state index contributed by atoms with van der Waals surface area (Å²) < 4.78 is 5.55. The van der Waals surface area contributed by atoms with E-state index in [1.807, 2.05) is 27.7 Å². The van der Waals surface area contributed by atoms with E-state index in [-0.39, 0.29) is 22.5 Å². The molecule has 0 aliphatic rings. The third-order valence-corrected chi connectivity index (χ3v) is 4.24. The summed E-state index contributed by atoms with van der Waals surface area (Å²) >= 11 is 1.19. The number of hydrogen-bond donors (Lipinski definition) is 2. The minimum absolute atomic E-state index is 0.141. The summed E-state index contributed by atoms with van der Waals surface area (Å²) in [6, 6.07) is 1.71. The molecule has 5 nitrogen and oxygen atoms in total. The van der Waals surface area contributed by atoms with Gasteiger partial charge >= 0.3 is 5.97 Å². The van der Waals surface area contributed by atoms with Gasteiger partial charge < -0.3 is 15.2 Å². The van der Waals surface area contributed by atoms with Gasteiger partial charge in [0.1, 0.15) is 5.75 Å². The van der Waals surface area contributed by atoms with E-state index in [1.165, 1.54) is 11.3 Å². The lowest BCUT2D eigenvalue weighted by molar-refractivity contribution is -0.127. The summed E-state index contributed by atoms with van der Waals surface area (Å²) in [6.07, 6.45) is -0.725. The van der Waals surface area contributed by atoms with Gasteiger partial charge in [0.2, 0.25) is 0 Å². The number of aromatic carboxylic acids is 1. The molecule has 1 amide bonds. The second-order valence-corrected chi connectivity index (χ2v) is 6.78. The molecule has 0 saturated heterocycles. The van der Waals surface area contributed by atoms with E-state index in [9.17, 15) is 14.7 Å². The smallest absolute Gasteiger partial charge is 0.349 e. The standard InChI is InChI=1S/C15H23NO4S/c1-8(2)7-16-14(17)10(5)20-11-6-12(9(3)4)21-13(11)15(18)19/h6,8-10H,7H2,1-5H3,(H,16,17)(H,18,19). The maximum atomic E-state index is 11.9. The number of ether oxygens (including phenoxy) is 1. The Bertz CT molecular complexity index is 508. The molecule has 0 saturated carbocycles. The van der Waals surface area contributed by atoms with Crippen LogP contribution in [0.2, 0.25) is 0 Å². The van der Waals surface area contributed by atoms with Gasteiger partial charge in [-0.2, -0.15) is 0 Å². The monoisotopic (exact) mass is 313 g/mol. The molecule has 118 valence electrons. The third-order valence-electron chi connectivity index (χ3n) is 2.84. The quantitative estimate of drug-likeness (QED) is 0.811. The largest absolute Gasteiger partial charge is 0.479 e. The second kappa shape index (κ2) is 7.45. The van der Waals surface area contributed by atoms with Crippen LogP contribution in [-0.2, 0) is 4.79 Å². The molecule has 2 N–H and O–H groups in total. The van der Waals surface area contributed by atoms with Crippen molar-refractivity contribution < 1.29 is 19.4 Å². The summed E-state index contributed by atoms with van der Waals surface area (Å²) in [6.45, 7) is 10.2. The zero-order chi connectivity index (χ0) is 16.2. The molecule has 0 aliphatic heterocycles. The van der Waals surface area contributed by atoms with Gasteiger partial charge in [0.15, 0.2) is 11.0 Å². The molecule has 1 aromatic rings. The molecule has 0 aromatic carbocycles. The van der Waals surface area contributed by atoms with Crippen molar-refractivity contribution in [2.24, 2.45) is 5.92 Å². The van der Waals surface area contributed by atoms with Gasteiger partial charge in [-0.15, -0.1) is 11.3 Å². The van der Waals surface area contributed by atoms with Gasteiger partial charge in [-0.3, -0.25) is 4.79 Å². The Kier molecular flexibility index (Phi) is 6.20. The van der Waals surface area contributed by atoms with E-state index in [0.29, 0.717) is 12.5 Å². The Balaban J connectivity index is 2.81. The van der Waals surface area contributed by atoms with E-state index >= 15 is 0 Å². The van der Waals surface area contributed by atoms with Crippen LogP contribution in [0.5, 0.6) is 5.75 Å². The van der Waals surface area contributed by atoms with Crippen LogP contribution >= 0.6 is 11.3 Å². The molecule has 1 aromatic heterocycles. The summed E-state index contributed by atoms with van der Waals surface area (Å²) in [5, 5.41) is 12.0. The molecule has 21 heavy (non-hydrogen) atoms. The maximum absolute atomic E-state index is 11.9. The van der Waals surface area contributed by atoms with Crippen LogP contribution in [0, 0.1) is 5.92 Å². The highest BCUT2D eigenvalue weighted by atomic mass is 32.1. The number of nitrogens with one attached hydrogen (secondary N) is 1. The first-order valence-electron chi connectivity index (χ1n) is 7.03. The first kappa shape index (κ1) is 17.5. The maximum Gasteiger partial charge on any atom is 0.349 e. The number of carboxylic acids is 1. The topological polar surface area (TPSA) is 75.6 Å². The predicted molar refractivity (Wildman–Crippen MR) is 83.3 cm³/mol. The highest BCUT2D eigenvalue weighted by molar-refractivity contribution is 7.14. The van der Waals surface area contributed by atoms with E-state index in [2.05, 4.69) is 5.32 Å². The van der Waals surface area contributed by atoms with Crippen molar-refractivity contribution in [3.8, 4) is 5.75 Å². The summed E-state index contributed by atoms with van der Waals surface area (Å²) in [5.41, 5.74) is 0. The minimum atomic E-state index is -1.03. The van der Waals surface area contributed by atoms with Gasteiger partial charge in [-0.05, 0) is 24.8 Å². The molecule has 1 rings (SSSR count). The highest BCUT2D eigenvalue weighted by Gasteiger charge is 2.22. The van der Waals surface area contributed by atoms with Gasteiger partial charge in [-0.1, -0.05) is 27.7 Å². The van der Waals surface area contributed by atoms with Gasteiger partial charge in [0, 0.05) is 11.4 Å². The number of thiophene rings is 1. The molecule has 0 bridgehead atoms. The fourth-order valence-corrected chi connectivity index (χ4v) is 2.54. The Morgan fingerprint density at radius 3 is 2.38 bits per heavy atom. The Morgan fingerprint density at radius 2 is 1.90 bits per heavy atom. The Hall–Kier alpha value is -1.56. The Morgan fingerprint density at radius 1 is 1.29 bits per heavy atom. The van der Waals surface area contributed by atoms with Crippen LogP contribution in [0.25, 0.3) is 0 Å². The lowest BCUT2D eigenvalue weighted by atomic mass is 10.2. The highest BCUT2D eigenvalue weighted by Crippen LogP contribution is 2.34. The second-order valence-electron chi connectivity index (χ2n) is 5.70. The van der Waals surface area contributed by atoms with Gasteiger partial charge in [0.05, 0.1) is 0 Å². The predicted octanol–water partition coefficient (Wildman–Crippen LogP) is 3.11. The minimum Gasteiger partial charge on any atom is -0.479 e. The molecule has 0 spiro atoms. The van der Waals surface area contributed by atoms with Crippen molar-refractivity contribution in [3.05, 3.63) is 15.8 Å². The number of carbonyl (C=O) groups excluding carboxylic acids is 1. The van der Waals surface area contributed by atoms with Crippen LogP contribution in [0.1, 0.15) is 55.1 Å². The van der Waals surface area contributed by atoms with Crippen LogP contribution in [0.3, 0.4) is 0 Å². The zero-order valence-electron chi connectivity index (χ0n) is 13.1. The summed E-state index contributed by atoms with van der Waals surface area (Å²) in [7, 11) is 0. The van der Waals surface area contributed by atoms with Crippen molar-refractivity contribution in [3.63, 3.8) is 0 Å². The van der Waals surface area contributed by atoms with Crippen molar-refractivity contribution in [2.45, 2.75) is 46.6 Å². The molecule has 1 atom stereocenters. The van der Waals surface area contributed by atoms with E-state index in [1.54, 1.807) is 13.0 Å². The lowest BCUT2D eigenvalue weighted by Gasteiger charge is -2.15. The molecular formula is C15H23NO4S. The van der Waals surface area contributed by atoms with Gasteiger partial charge in [-0.25, -0.2) is 4.79 Å². The van der Waals surface area contributed by atoms with Crippen molar-refractivity contribution >= 4 is 23.2 Å². The average molecular weight is 313 g/mol. The normalized spacial score (nSPS) is 12.5. The molecular weight excluding hydrogens is 290 g/mol. The molecule has 0 fully saturated rings. The van der Waals surface area contributed by atoms with Crippen molar-refractivity contribution in [1.82, 2.24) is 5.32 Å². The Labute approximate surface area is 129 Å². The van der Waals surface area contributed by atoms with Gasteiger partial charge in [0.25, 0.3) is 5.91 Å². The zero-order valence-corrected chi connectivity index (χ0v) is 13.9. The SMILES string of the molecule is CC(C)CNC(=O)C(C)Oc1cc(C(C)C)sc1C(=O)O. The molecule has 0 aliphatic carbocycles. The van der Waals surface area contributed by atoms with Crippen molar-refractivity contribution in [1.29, 1.82) is 0 Å². The average Bonchev–Trinajstić information content (AvgIpc) is 2.79. The number of rotatable bonds is 7. The lowest BCUT2D eigenvalue weighted by Crippen LogP contribution is -2.38. The number of hydrogen-bond acceptors (Lipinski definition) is 4. The first-order valence-corrected chi connectivity index (χ1v) is 7.85. The van der Waals surface area contributed by atoms with Crippen LogP contribution in [-0.4, -0.2) is 29.6 Å². The summed E-state index contributed by atoms with van der Waals surface area (Å²) in [4.78, 5) is 24.2. The van der Waals surface area contributed by atoms with Crippen LogP contribution < -0.4 is 10.1 Å².